The summed E-state index contributed by atoms with van der Waals surface area (Å²) >= 11 is 0. The van der Waals surface area contributed by atoms with Gasteiger partial charge in [0.05, 0.1) is 25.2 Å². The second kappa shape index (κ2) is 7.90. The van der Waals surface area contributed by atoms with Crippen molar-refractivity contribution in [3.05, 3.63) is 76.9 Å². The zero-order valence-corrected chi connectivity index (χ0v) is 16.6. The van der Waals surface area contributed by atoms with Gasteiger partial charge in [-0.2, -0.15) is 0 Å². The third-order valence-corrected chi connectivity index (χ3v) is 6.03. The number of aliphatic hydroxyl groups is 1. The number of rotatable bonds is 5. The lowest BCUT2D eigenvalue weighted by Crippen LogP contribution is -2.72. The van der Waals surface area contributed by atoms with Crippen molar-refractivity contribution in [2.24, 2.45) is 0 Å². The van der Waals surface area contributed by atoms with Crippen LogP contribution in [-0.2, 0) is 11.3 Å². The Morgan fingerprint density at radius 1 is 1.11 bits per heavy atom. The van der Waals surface area contributed by atoms with Gasteiger partial charge in [-0.1, -0.05) is 66.2 Å². The second-order valence-corrected chi connectivity index (χ2v) is 7.97. The maximum Gasteiger partial charge on any atom is 0.237 e. The highest BCUT2D eigenvalue weighted by Crippen LogP contribution is 2.43. The van der Waals surface area contributed by atoms with Crippen molar-refractivity contribution in [3.63, 3.8) is 0 Å². The molecule has 0 unspecified atom stereocenters. The molecule has 1 N–H and O–H groups in total. The molecule has 0 radical (unpaired) electrons. The normalized spacial score (nSPS) is 25.0. The lowest BCUT2D eigenvalue weighted by atomic mass is 9.73. The standard InChI is InChI=1S/C24H28N2O2/c1-3-4-18-9-11-20(12-10-18)24-21-14-25(13-19-7-5-17(2)6-8-19)15-23(28)26(21)22(24)16-27/h3-12,21-22,24,27H,13-16H2,1-2H3/b4-3+/t21-,22+,24-/m1/s1. The molecule has 0 saturated carbocycles. The van der Waals surface area contributed by atoms with E-state index >= 15 is 0 Å². The van der Waals surface area contributed by atoms with Gasteiger partial charge in [0, 0.05) is 19.0 Å². The molecule has 0 spiro atoms. The van der Waals surface area contributed by atoms with Crippen LogP contribution in [0.5, 0.6) is 0 Å². The second-order valence-electron chi connectivity index (χ2n) is 7.97. The van der Waals surface area contributed by atoms with Crippen LogP contribution in [0.25, 0.3) is 6.08 Å². The predicted octanol–water partition coefficient (Wildman–Crippen LogP) is 3.20. The summed E-state index contributed by atoms with van der Waals surface area (Å²) in [7, 11) is 0. The lowest BCUT2D eigenvalue weighted by molar-refractivity contribution is -0.162. The van der Waals surface area contributed by atoms with E-state index in [4.69, 9.17) is 0 Å². The van der Waals surface area contributed by atoms with Gasteiger partial charge in [0.15, 0.2) is 0 Å². The summed E-state index contributed by atoms with van der Waals surface area (Å²) < 4.78 is 0. The monoisotopic (exact) mass is 376 g/mol. The first kappa shape index (κ1) is 18.9. The molecule has 0 bridgehead atoms. The van der Waals surface area contributed by atoms with Gasteiger partial charge in [-0.15, -0.1) is 0 Å². The fourth-order valence-corrected chi connectivity index (χ4v) is 4.66. The molecule has 2 aromatic carbocycles. The predicted molar refractivity (Wildman–Crippen MR) is 112 cm³/mol. The molecule has 2 aliphatic rings. The molecule has 1 amide bonds. The number of piperazine rings is 1. The van der Waals surface area contributed by atoms with Crippen LogP contribution in [0.2, 0.25) is 0 Å². The van der Waals surface area contributed by atoms with Crippen molar-refractivity contribution in [1.29, 1.82) is 0 Å². The van der Waals surface area contributed by atoms with Crippen LogP contribution in [0.3, 0.4) is 0 Å². The minimum absolute atomic E-state index is 0.0154. The Bertz CT molecular complexity index is 857. The number of amides is 1. The first-order chi connectivity index (χ1) is 13.6. The summed E-state index contributed by atoms with van der Waals surface area (Å²) in [4.78, 5) is 16.9. The number of aryl methyl sites for hydroxylation is 1. The first-order valence-electron chi connectivity index (χ1n) is 10.0. The van der Waals surface area contributed by atoms with Gasteiger partial charge in [0.2, 0.25) is 5.91 Å². The van der Waals surface area contributed by atoms with Gasteiger partial charge in [-0.3, -0.25) is 9.69 Å². The molecule has 2 heterocycles. The molecule has 28 heavy (non-hydrogen) atoms. The van der Waals surface area contributed by atoms with Crippen molar-refractivity contribution in [1.82, 2.24) is 9.80 Å². The van der Waals surface area contributed by atoms with E-state index in [1.807, 2.05) is 17.9 Å². The first-order valence-corrected chi connectivity index (χ1v) is 10.0. The highest BCUT2D eigenvalue weighted by Gasteiger charge is 2.53. The molecule has 4 heteroatoms. The van der Waals surface area contributed by atoms with E-state index in [1.165, 1.54) is 22.3 Å². The molecule has 2 aromatic rings. The van der Waals surface area contributed by atoms with Crippen molar-refractivity contribution in [2.45, 2.75) is 38.4 Å². The maximum atomic E-state index is 12.8. The molecular formula is C24H28N2O2. The molecule has 2 aliphatic heterocycles. The van der Waals surface area contributed by atoms with Gasteiger partial charge in [-0.25, -0.2) is 0 Å². The molecule has 4 nitrogen and oxygen atoms in total. The zero-order valence-electron chi connectivity index (χ0n) is 16.6. The van der Waals surface area contributed by atoms with Crippen LogP contribution in [0.1, 0.15) is 35.1 Å². The van der Waals surface area contributed by atoms with E-state index in [1.54, 1.807) is 0 Å². The average Bonchev–Trinajstić information content (AvgIpc) is 2.67. The van der Waals surface area contributed by atoms with Gasteiger partial charge < -0.3 is 10.0 Å². The highest BCUT2D eigenvalue weighted by molar-refractivity contribution is 5.81. The van der Waals surface area contributed by atoms with Crippen LogP contribution in [0.15, 0.2) is 54.6 Å². The van der Waals surface area contributed by atoms with Gasteiger partial charge in [0.1, 0.15) is 0 Å². The van der Waals surface area contributed by atoms with E-state index in [0.29, 0.717) is 6.54 Å². The Morgan fingerprint density at radius 3 is 2.46 bits per heavy atom. The summed E-state index contributed by atoms with van der Waals surface area (Å²) in [6, 6.07) is 17.1. The van der Waals surface area contributed by atoms with Crippen molar-refractivity contribution < 1.29 is 9.90 Å². The largest absolute Gasteiger partial charge is 0.394 e. The lowest BCUT2D eigenvalue weighted by Gasteiger charge is -2.59. The minimum atomic E-state index is -0.105. The summed E-state index contributed by atoms with van der Waals surface area (Å²) in [6.07, 6.45) is 4.10. The molecule has 4 rings (SSSR count). The third-order valence-electron chi connectivity index (χ3n) is 6.03. The van der Waals surface area contributed by atoms with Gasteiger partial charge in [-0.05, 0) is 30.5 Å². The molecule has 2 saturated heterocycles. The molecule has 2 fully saturated rings. The number of hydrogen-bond donors (Lipinski definition) is 1. The maximum absolute atomic E-state index is 12.8. The number of benzene rings is 2. The Kier molecular flexibility index (Phi) is 5.33. The number of hydrogen-bond acceptors (Lipinski definition) is 3. The van der Waals surface area contributed by atoms with Crippen molar-refractivity contribution >= 4 is 12.0 Å². The Balaban J connectivity index is 1.52. The third kappa shape index (κ3) is 3.50. The molecule has 0 aromatic heterocycles. The Labute approximate surface area is 167 Å². The highest BCUT2D eigenvalue weighted by atomic mass is 16.3. The fraction of sp³-hybridized carbons (Fsp3) is 0.375. The van der Waals surface area contributed by atoms with E-state index < -0.39 is 0 Å². The SMILES string of the molecule is C/C=C/c1ccc([C@@H]2[C@H]3CN(Cc4ccc(C)cc4)CC(=O)N3[C@H]2CO)cc1. The Morgan fingerprint density at radius 2 is 1.82 bits per heavy atom. The zero-order chi connectivity index (χ0) is 19.7. The fourth-order valence-electron chi connectivity index (χ4n) is 4.66. The molecule has 3 atom stereocenters. The van der Waals surface area contributed by atoms with Gasteiger partial charge >= 0.3 is 0 Å². The van der Waals surface area contributed by atoms with E-state index in [0.717, 1.165) is 13.1 Å². The molecule has 146 valence electrons. The van der Waals surface area contributed by atoms with E-state index in [9.17, 15) is 9.90 Å². The van der Waals surface area contributed by atoms with Crippen LogP contribution >= 0.6 is 0 Å². The number of aliphatic hydroxyl groups excluding tert-OH is 1. The number of nitrogens with zero attached hydrogens (tertiary/aromatic N) is 2. The number of carbonyl (C=O) groups is 1. The van der Waals surface area contributed by atoms with Gasteiger partial charge in [0.25, 0.3) is 0 Å². The van der Waals surface area contributed by atoms with Crippen LogP contribution < -0.4 is 0 Å². The quantitative estimate of drug-likeness (QED) is 0.872. The summed E-state index contributed by atoms with van der Waals surface area (Å²) in [5.41, 5.74) is 4.86. The van der Waals surface area contributed by atoms with Crippen LogP contribution in [-0.4, -0.2) is 52.6 Å². The van der Waals surface area contributed by atoms with Crippen molar-refractivity contribution in [2.75, 3.05) is 19.7 Å². The molecular weight excluding hydrogens is 348 g/mol. The number of fused-ring (bicyclic) bond motifs is 1. The minimum Gasteiger partial charge on any atom is -0.394 e. The molecule has 0 aliphatic carbocycles. The summed E-state index contributed by atoms with van der Waals surface area (Å²) in [5.74, 6) is 0.318. The topological polar surface area (TPSA) is 43.8 Å². The van der Waals surface area contributed by atoms with E-state index in [-0.39, 0.29) is 30.5 Å². The van der Waals surface area contributed by atoms with E-state index in [2.05, 4.69) is 66.4 Å². The van der Waals surface area contributed by atoms with Crippen molar-refractivity contribution in [3.8, 4) is 0 Å². The Hall–Kier alpha value is -2.43. The smallest absolute Gasteiger partial charge is 0.237 e. The summed E-state index contributed by atoms with van der Waals surface area (Å²) in [6.45, 7) is 6.16. The van der Waals surface area contributed by atoms with Crippen LogP contribution in [0.4, 0.5) is 0 Å². The number of carbonyl (C=O) groups excluding carboxylic acids is 1. The number of allylic oxidation sites excluding steroid dienone is 1. The van der Waals surface area contributed by atoms with Crippen LogP contribution in [0, 0.1) is 6.92 Å². The average molecular weight is 377 g/mol. The summed E-state index contributed by atoms with van der Waals surface area (Å²) in [5, 5.41) is 9.92.